The van der Waals surface area contributed by atoms with Gasteiger partial charge in [-0.05, 0) is 24.3 Å². The largest absolute Gasteiger partial charge is 0.451 e. The minimum atomic E-state index is -0.612. The van der Waals surface area contributed by atoms with Crippen LogP contribution in [0.4, 0.5) is 0 Å². The third-order valence-electron chi connectivity index (χ3n) is 2.66. The summed E-state index contributed by atoms with van der Waals surface area (Å²) in [5.41, 5.74) is 0.836. The molecule has 0 unspecified atom stereocenters. The molecule has 3 aromatic rings. The van der Waals surface area contributed by atoms with Gasteiger partial charge in [0.1, 0.15) is 0 Å². The van der Waals surface area contributed by atoms with Gasteiger partial charge < -0.3 is 9.15 Å². The van der Waals surface area contributed by atoms with E-state index in [1.165, 1.54) is 18.6 Å². The molecule has 2 aromatic heterocycles. The van der Waals surface area contributed by atoms with Crippen LogP contribution in [0.25, 0.3) is 11.5 Å². The number of carbonyl (C=O) groups excluding carboxylic acids is 1. The molecular formula is C14H9ClN4O3. The molecular weight excluding hydrogens is 308 g/mol. The Bertz CT molecular complexity index is 774. The molecule has 0 fully saturated rings. The molecule has 2 heterocycles. The van der Waals surface area contributed by atoms with Crippen molar-refractivity contribution < 1.29 is 13.9 Å². The molecule has 1 aromatic carbocycles. The number of esters is 1. The average Bonchev–Trinajstić information content (AvgIpc) is 3.03. The normalized spacial score (nSPS) is 10.4. The fourth-order valence-electron chi connectivity index (χ4n) is 1.63. The number of hydrogen-bond donors (Lipinski definition) is 0. The first-order valence-electron chi connectivity index (χ1n) is 6.24. The van der Waals surface area contributed by atoms with Crippen molar-refractivity contribution in [2.24, 2.45) is 0 Å². The van der Waals surface area contributed by atoms with Crippen LogP contribution >= 0.6 is 11.6 Å². The second-order valence-electron chi connectivity index (χ2n) is 4.17. The zero-order valence-electron chi connectivity index (χ0n) is 11.1. The highest BCUT2D eigenvalue weighted by Gasteiger charge is 2.13. The van der Waals surface area contributed by atoms with E-state index in [0.29, 0.717) is 10.9 Å². The minimum absolute atomic E-state index is 0.111. The van der Waals surface area contributed by atoms with Crippen molar-refractivity contribution in [2.45, 2.75) is 6.61 Å². The van der Waals surface area contributed by atoms with Gasteiger partial charge in [0.15, 0.2) is 12.3 Å². The van der Waals surface area contributed by atoms with Crippen molar-refractivity contribution in [1.82, 2.24) is 20.2 Å². The lowest BCUT2D eigenvalue weighted by molar-refractivity contribution is 0.0431. The van der Waals surface area contributed by atoms with Gasteiger partial charge in [0.05, 0.1) is 6.20 Å². The average molecular weight is 317 g/mol. The van der Waals surface area contributed by atoms with E-state index in [9.17, 15) is 4.79 Å². The van der Waals surface area contributed by atoms with Crippen molar-refractivity contribution in [3.63, 3.8) is 0 Å². The summed E-state index contributed by atoms with van der Waals surface area (Å²) in [7, 11) is 0. The van der Waals surface area contributed by atoms with Crippen LogP contribution in [0.15, 0.2) is 47.3 Å². The van der Waals surface area contributed by atoms with Gasteiger partial charge in [-0.3, -0.25) is 4.98 Å². The highest BCUT2D eigenvalue weighted by atomic mass is 35.5. The minimum Gasteiger partial charge on any atom is -0.451 e. The Hall–Kier alpha value is -2.80. The Labute approximate surface area is 129 Å². The van der Waals surface area contributed by atoms with Crippen LogP contribution in [0.3, 0.4) is 0 Å². The molecule has 7 nitrogen and oxygen atoms in total. The van der Waals surface area contributed by atoms with Crippen molar-refractivity contribution in [3.8, 4) is 11.5 Å². The van der Waals surface area contributed by atoms with Gasteiger partial charge in [-0.2, -0.15) is 0 Å². The lowest BCUT2D eigenvalue weighted by Gasteiger charge is -2.00. The van der Waals surface area contributed by atoms with Crippen LogP contribution in [0.2, 0.25) is 5.02 Å². The zero-order chi connectivity index (χ0) is 15.4. The molecule has 110 valence electrons. The van der Waals surface area contributed by atoms with E-state index in [2.05, 4.69) is 20.2 Å². The number of rotatable bonds is 4. The SMILES string of the molecule is O=C(OCc1nnc(-c2ccc(Cl)cc2)o1)c1cnccn1. The van der Waals surface area contributed by atoms with E-state index in [0.717, 1.165) is 5.56 Å². The first-order valence-corrected chi connectivity index (χ1v) is 6.61. The van der Waals surface area contributed by atoms with Crippen molar-refractivity contribution in [3.05, 3.63) is 59.5 Å². The smallest absolute Gasteiger partial charge is 0.359 e. The highest BCUT2D eigenvalue weighted by Crippen LogP contribution is 2.20. The molecule has 0 aliphatic rings. The first-order chi connectivity index (χ1) is 10.7. The highest BCUT2D eigenvalue weighted by molar-refractivity contribution is 6.30. The fraction of sp³-hybridized carbons (Fsp3) is 0.0714. The van der Waals surface area contributed by atoms with Crippen molar-refractivity contribution in [2.75, 3.05) is 0 Å². The van der Waals surface area contributed by atoms with E-state index in [1.807, 2.05) is 0 Å². The molecule has 0 aliphatic carbocycles. The molecule has 0 amide bonds. The van der Waals surface area contributed by atoms with Crippen LogP contribution < -0.4 is 0 Å². The Morgan fingerprint density at radius 3 is 2.73 bits per heavy atom. The number of ether oxygens (including phenoxy) is 1. The van der Waals surface area contributed by atoms with Crippen LogP contribution in [0, 0.1) is 0 Å². The molecule has 22 heavy (non-hydrogen) atoms. The standard InChI is InChI=1S/C14H9ClN4O3/c15-10-3-1-9(2-4-10)13-19-18-12(22-13)8-21-14(20)11-7-16-5-6-17-11/h1-7H,8H2. The number of carbonyl (C=O) groups is 1. The summed E-state index contributed by atoms with van der Waals surface area (Å²) < 4.78 is 10.4. The summed E-state index contributed by atoms with van der Waals surface area (Å²) in [6.07, 6.45) is 4.18. The summed E-state index contributed by atoms with van der Waals surface area (Å²) in [6, 6.07) is 6.94. The predicted octanol–water partition coefficient (Wildman–Crippen LogP) is 2.54. The molecule has 0 spiro atoms. The number of halogens is 1. The van der Waals surface area contributed by atoms with E-state index >= 15 is 0 Å². The predicted molar refractivity (Wildman–Crippen MR) is 75.9 cm³/mol. The van der Waals surface area contributed by atoms with Gasteiger partial charge in [-0.15, -0.1) is 10.2 Å². The molecule has 3 rings (SSSR count). The van der Waals surface area contributed by atoms with E-state index in [4.69, 9.17) is 20.8 Å². The molecule has 0 atom stereocenters. The number of hydrogen-bond acceptors (Lipinski definition) is 7. The zero-order valence-corrected chi connectivity index (χ0v) is 11.9. The quantitative estimate of drug-likeness (QED) is 0.683. The third kappa shape index (κ3) is 3.26. The fourth-order valence-corrected chi connectivity index (χ4v) is 1.75. The van der Waals surface area contributed by atoms with Crippen LogP contribution in [-0.4, -0.2) is 26.1 Å². The third-order valence-corrected chi connectivity index (χ3v) is 2.91. The van der Waals surface area contributed by atoms with Gasteiger partial charge in [-0.25, -0.2) is 9.78 Å². The van der Waals surface area contributed by atoms with E-state index in [1.54, 1.807) is 24.3 Å². The van der Waals surface area contributed by atoms with E-state index < -0.39 is 5.97 Å². The Morgan fingerprint density at radius 2 is 2.00 bits per heavy atom. The maximum Gasteiger partial charge on any atom is 0.359 e. The van der Waals surface area contributed by atoms with Crippen LogP contribution in [0.1, 0.15) is 16.4 Å². The second-order valence-corrected chi connectivity index (χ2v) is 4.61. The summed E-state index contributed by atoms with van der Waals surface area (Å²) in [5, 5.41) is 8.32. The van der Waals surface area contributed by atoms with Gasteiger partial charge in [0.25, 0.3) is 5.89 Å². The molecule has 0 aliphatic heterocycles. The molecule has 0 N–H and O–H groups in total. The maximum absolute atomic E-state index is 11.7. The summed E-state index contributed by atoms with van der Waals surface area (Å²) >= 11 is 5.81. The van der Waals surface area contributed by atoms with E-state index in [-0.39, 0.29) is 18.2 Å². The Kier molecular flexibility index (Phi) is 4.06. The molecule has 0 saturated heterocycles. The maximum atomic E-state index is 11.7. The number of benzene rings is 1. The topological polar surface area (TPSA) is 91.0 Å². The van der Waals surface area contributed by atoms with Gasteiger partial charge >= 0.3 is 5.97 Å². The summed E-state index contributed by atoms with van der Waals surface area (Å²) in [6.45, 7) is -0.143. The number of aromatic nitrogens is 4. The first kappa shape index (κ1) is 14.2. The molecule has 8 heteroatoms. The van der Waals surface area contributed by atoms with Crippen LogP contribution in [0.5, 0.6) is 0 Å². The Morgan fingerprint density at radius 1 is 1.18 bits per heavy atom. The van der Waals surface area contributed by atoms with Crippen molar-refractivity contribution in [1.29, 1.82) is 0 Å². The van der Waals surface area contributed by atoms with Gasteiger partial charge in [-0.1, -0.05) is 11.6 Å². The summed E-state index contributed by atoms with van der Waals surface area (Å²) in [4.78, 5) is 19.3. The molecule has 0 saturated carbocycles. The molecule has 0 radical (unpaired) electrons. The lowest BCUT2D eigenvalue weighted by Crippen LogP contribution is -2.07. The second kappa shape index (κ2) is 6.31. The summed E-state index contributed by atoms with van der Waals surface area (Å²) in [5.74, 6) is -0.108. The molecule has 0 bridgehead atoms. The number of nitrogens with zero attached hydrogens (tertiary/aromatic N) is 4. The van der Waals surface area contributed by atoms with Gasteiger partial charge in [0.2, 0.25) is 5.89 Å². The van der Waals surface area contributed by atoms with Crippen molar-refractivity contribution >= 4 is 17.6 Å². The Balaban J connectivity index is 1.65. The van der Waals surface area contributed by atoms with Crippen LogP contribution in [-0.2, 0) is 11.3 Å². The monoisotopic (exact) mass is 316 g/mol. The van der Waals surface area contributed by atoms with Gasteiger partial charge in [0, 0.05) is 23.0 Å². The lowest BCUT2D eigenvalue weighted by atomic mass is 10.2.